The molecule has 0 bridgehead atoms. The molecule has 0 aromatic carbocycles. The van der Waals surface area contributed by atoms with Gasteiger partial charge in [-0.05, 0) is 32.4 Å². The Morgan fingerprint density at radius 3 is 2.55 bits per heavy atom. The first-order valence-corrected chi connectivity index (χ1v) is 9.62. The zero-order valence-corrected chi connectivity index (χ0v) is 17.0. The van der Waals surface area contributed by atoms with E-state index in [1.165, 1.54) is 63.9 Å². The van der Waals surface area contributed by atoms with Gasteiger partial charge in [0.1, 0.15) is 0 Å². The predicted octanol–water partition coefficient (Wildman–Crippen LogP) is 2.64. The summed E-state index contributed by atoms with van der Waals surface area (Å²) in [7, 11) is 1.93. The van der Waals surface area contributed by atoms with E-state index in [2.05, 4.69) is 31.9 Å². The van der Waals surface area contributed by atoms with E-state index >= 15 is 0 Å². The Balaban J connectivity index is 0.00000176. The van der Waals surface area contributed by atoms with Crippen molar-refractivity contribution in [1.29, 1.82) is 0 Å². The van der Waals surface area contributed by atoms with Crippen LogP contribution in [0, 0.1) is 0 Å². The molecule has 1 spiro atoms. The van der Waals surface area contributed by atoms with Crippen molar-refractivity contribution >= 4 is 41.7 Å². The van der Waals surface area contributed by atoms with E-state index in [1.807, 2.05) is 7.05 Å². The lowest BCUT2D eigenvalue weighted by atomic mass is 9.87. The lowest BCUT2D eigenvalue weighted by Crippen LogP contribution is -2.54. The van der Waals surface area contributed by atoms with Crippen molar-refractivity contribution in [3.8, 4) is 0 Å². The third-order valence-corrected chi connectivity index (χ3v) is 6.72. The average Bonchev–Trinajstić information content (AvgIpc) is 2.46. The van der Waals surface area contributed by atoms with Gasteiger partial charge < -0.3 is 15.1 Å². The van der Waals surface area contributed by atoms with Crippen LogP contribution in [0.4, 0.5) is 0 Å². The molecule has 0 aromatic heterocycles. The van der Waals surface area contributed by atoms with Gasteiger partial charge in [-0.15, -0.1) is 24.0 Å². The van der Waals surface area contributed by atoms with Crippen LogP contribution in [0.25, 0.3) is 0 Å². The number of hydrogen-bond donors (Lipinski definition) is 1. The molecule has 6 heteroatoms. The molecular formula is C16H31IN4S. The molecule has 1 saturated carbocycles. The van der Waals surface area contributed by atoms with Crippen LogP contribution in [0.5, 0.6) is 0 Å². The van der Waals surface area contributed by atoms with Crippen LogP contribution in [0.2, 0.25) is 0 Å². The first kappa shape index (κ1) is 18.6. The number of nitrogens with zero attached hydrogens (tertiary/aromatic N) is 3. The molecule has 2 heterocycles. The Morgan fingerprint density at radius 2 is 1.91 bits per heavy atom. The Kier molecular flexibility index (Phi) is 7.60. The molecule has 2 aliphatic heterocycles. The summed E-state index contributed by atoms with van der Waals surface area (Å²) in [6, 6.07) is 0. The minimum atomic E-state index is 0. The number of guanidine groups is 1. The zero-order valence-electron chi connectivity index (χ0n) is 13.9. The van der Waals surface area contributed by atoms with Gasteiger partial charge in [0.15, 0.2) is 5.96 Å². The highest BCUT2D eigenvalue weighted by Crippen LogP contribution is 2.42. The Labute approximate surface area is 156 Å². The molecule has 0 atom stereocenters. The molecule has 3 fully saturated rings. The third-order valence-electron chi connectivity index (χ3n) is 5.18. The van der Waals surface area contributed by atoms with E-state index in [9.17, 15) is 0 Å². The summed E-state index contributed by atoms with van der Waals surface area (Å²) in [5.74, 6) is 2.38. The molecule has 128 valence electrons. The summed E-state index contributed by atoms with van der Waals surface area (Å²) in [5, 5.41) is 3.59. The van der Waals surface area contributed by atoms with Gasteiger partial charge in [0.05, 0.1) is 0 Å². The molecule has 3 rings (SSSR count). The third kappa shape index (κ3) is 4.66. The van der Waals surface area contributed by atoms with Gasteiger partial charge in [-0.2, -0.15) is 11.8 Å². The number of halogens is 1. The summed E-state index contributed by atoms with van der Waals surface area (Å²) in [6.45, 7) is 7.10. The molecule has 1 aliphatic carbocycles. The van der Waals surface area contributed by atoms with Gasteiger partial charge in [0.25, 0.3) is 0 Å². The normalized spacial score (nSPS) is 25.5. The smallest absolute Gasteiger partial charge is 0.193 e. The summed E-state index contributed by atoms with van der Waals surface area (Å²) in [5.41, 5.74) is 0. The van der Waals surface area contributed by atoms with Crippen molar-refractivity contribution < 1.29 is 0 Å². The largest absolute Gasteiger partial charge is 0.355 e. The highest BCUT2D eigenvalue weighted by atomic mass is 127. The maximum Gasteiger partial charge on any atom is 0.193 e. The first-order valence-electron chi connectivity index (χ1n) is 8.63. The molecule has 3 aliphatic rings. The number of aliphatic imine (C=N–C) groups is 1. The molecule has 0 aromatic rings. The molecule has 0 radical (unpaired) electrons. The highest BCUT2D eigenvalue weighted by Gasteiger charge is 2.38. The molecule has 0 amide bonds. The second kappa shape index (κ2) is 8.97. The van der Waals surface area contributed by atoms with Crippen molar-refractivity contribution in [3.63, 3.8) is 0 Å². The fraction of sp³-hybridized carbons (Fsp3) is 0.938. The van der Waals surface area contributed by atoms with Gasteiger partial charge in [0.2, 0.25) is 0 Å². The maximum absolute atomic E-state index is 4.53. The molecule has 4 nitrogen and oxygen atoms in total. The topological polar surface area (TPSA) is 30.9 Å². The lowest BCUT2D eigenvalue weighted by Gasteiger charge is -2.45. The highest BCUT2D eigenvalue weighted by molar-refractivity contribution is 14.0. The summed E-state index contributed by atoms with van der Waals surface area (Å²) >= 11 is 2.23. The van der Waals surface area contributed by atoms with Crippen molar-refractivity contribution in [2.24, 2.45) is 4.99 Å². The zero-order chi connectivity index (χ0) is 14.5. The van der Waals surface area contributed by atoms with E-state index < -0.39 is 0 Å². The number of rotatable bonds is 3. The first-order chi connectivity index (χ1) is 10.3. The lowest BCUT2D eigenvalue weighted by molar-refractivity contribution is 0.184. The van der Waals surface area contributed by atoms with Crippen molar-refractivity contribution in [2.45, 2.75) is 43.3 Å². The van der Waals surface area contributed by atoms with Gasteiger partial charge in [0, 0.05) is 43.7 Å². The molecule has 1 N–H and O–H groups in total. The van der Waals surface area contributed by atoms with E-state index in [-0.39, 0.29) is 24.0 Å². The predicted molar refractivity (Wildman–Crippen MR) is 108 cm³/mol. The van der Waals surface area contributed by atoms with Gasteiger partial charge in [-0.25, -0.2) is 0 Å². The van der Waals surface area contributed by atoms with Gasteiger partial charge in [-0.3, -0.25) is 4.99 Å². The van der Waals surface area contributed by atoms with Crippen LogP contribution in [0.15, 0.2) is 4.99 Å². The number of hydrogen-bond acceptors (Lipinski definition) is 3. The fourth-order valence-corrected chi connectivity index (χ4v) is 5.36. The van der Waals surface area contributed by atoms with Crippen LogP contribution < -0.4 is 5.32 Å². The SMILES string of the molecule is CN=C(NCCN1CCC1)N1CCSC2(CCCCC2)C1.I. The van der Waals surface area contributed by atoms with Crippen molar-refractivity contribution in [3.05, 3.63) is 0 Å². The van der Waals surface area contributed by atoms with Crippen LogP contribution >= 0.6 is 35.7 Å². The van der Waals surface area contributed by atoms with Crippen molar-refractivity contribution in [2.75, 3.05) is 52.1 Å². The Hall–Kier alpha value is 0.310. The van der Waals surface area contributed by atoms with E-state index in [0.29, 0.717) is 4.75 Å². The van der Waals surface area contributed by atoms with E-state index in [4.69, 9.17) is 0 Å². The minimum absolute atomic E-state index is 0. The number of thioether (sulfide) groups is 1. The van der Waals surface area contributed by atoms with Crippen LogP contribution in [0.1, 0.15) is 38.5 Å². The quantitative estimate of drug-likeness (QED) is 0.417. The Morgan fingerprint density at radius 1 is 1.14 bits per heavy atom. The summed E-state index contributed by atoms with van der Waals surface area (Å²) in [6.07, 6.45) is 8.45. The second-order valence-corrected chi connectivity index (χ2v) is 8.25. The molecular weight excluding hydrogens is 407 g/mol. The van der Waals surface area contributed by atoms with E-state index in [1.54, 1.807) is 0 Å². The van der Waals surface area contributed by atoms with Crippen LogP contribution in [0.3, 0.4) is 0 Å². The molecule has 22 heavy (non-hydrogen) atoms. The monoisotopic (exact) mass is 438 g/mol. The minimum Gasteiger partial charge on any atom is -0.355 e. The maximum atomic E-state index is 4.53. The van der Waals surface area contributed by atoms with E-state index in [0.717, 1.165) is 25.6 Å². The standard InChI is InChI=1S/C16H30N4S.HI/c1-17-15(18-8-11-19-9-5-10-19)20-12-13-21-16(14-20)6-3-2-4-7-16;/h2-14H2,1H3,(H,17,18);1H. The van der Waals surface area contributed by atoms with Crippen LogP contribution in [-0.4, -0.2) is 72.6 Å². The van der Waals surface area contributed by atoms with Gasteiger partial charge in [-0.1, -0.05) is 19.3 Å². The second-order valence-electron chi connectivity index (χ2n) is 6.68. The number of nitrogens with one attached hydrogen (secondary N) is 1. The Bertz CT molecular complexity index is 362. The molecule has 0 unspecified atom stereocenters. The fourth-order valence-electron chi connectivity index (χ4n) is 3.79. The average molecular weight is 438 g/mol. The summed E-state index contributed by atoms with van der Waals surface area (Å²) in [4.78, 5) is 9.55. The van der Waals surface area contributed by atoms with Crippen molar-refractivity contribution in [1.82, 2.24) is 15.1 Å². The number of likely N-dealkylation sites (tertiary alicyclic amines) is 1. The summed E-state index contributed by atoms with van der Waals surface area (Å²) < 4.78 is 0.519. The van der Waals surface area contributed by atoms with Crippen LogP contribution in [-0.2, 0) is 0 Å². The van der Waals surface area contributed by atoms with Gasteiger partial charge >= 0.3 is 0 Å². The molecule has 2 saturated heterocycles.